The average molecular weight is 482 g/mol. The highest BCUT2D eigenvalue weighted by Gasteiger charge is 2.19. The lowest BCUT2D eigenvalue weighted by molar-refractivity contribution is 0.261. The Balaban J connectivity index is 1.49. The molecular formula is C25H27N3O5S. The molecule has 0 aliphatic carbocycles. The van der Waals surface area contributed by atoms with E-state index in [4.69, 9.17) is 23.0 Å². The van der Waals surface area contributed by atoms with Crippen molar-refractivity contribution in [1.82, 2.24) is 15.2 Å². The summed E-state index contributed by atoms with van der Waals surface area (Å²) in [6.45, 7) is 9.26. The molecule has 0 N–H and O–H groups in total. The van der Waals surface area contributed by atoms with E-state index in [1.165, 1.54) is 17.3 Å². The first kappa shape index (κ1) is 23.7. The van der Waals surface area contributed by atoms with Crippen LogP contribution in [-0.2, 0) is 5.75 Å². The SMILES string of the molecule is CCOc1cc(-c2nnc(SCc3coc(-c4ccc(C)cc4)n3)o2)cc(OCC)c1OCC. The van der Waals surface area contributed by atoms with Crippen molar-refractivity contribution < 1.29 is 23.0 Å². The van der Waals surface area contributed by atoms with Crippen molar-refractivity contribution in [3.63, 3.8) is 0 Å². The Kier molecular flexibility index (Phi) is 7.74. The summed E-state index contributed by atoms with van der Waals surface area (Å²) in [5.74, 6) is 3.21. The zero-order valence-electron chi connectivity index (χ0n) is 19.7. The van der Waals surface area contributed by atoms with Gasteiger partial charge in [-0.2, -0.15) is 0 Å². The summed E-state index contributed by atoms with van der Waals surface area (Å²) in [6.07, 6.45) is 1.65. The van der Waals surface area contributed by atoms with E-state index in [9.17, 15) is 0 Å². The van der Waals surface area contributed by atoms with Crippen molar-refractivity contribution in [2.24, 2.45) is 0 Å². The van der Waals surface area contributed by atoms with Crippen LogP contribution in [0, 0.1) is 6.92 Å². The van der Waals surface area contributed by atoms with Gasteiger partial charge in [0.2, 0.25) is 17.5 Å². The molecule has 2 aromatic heterocycles. The molecule has 0 unspecified atom stereocenters. The highest BCUT2D eigenvalue weighted by molar-refractivity contribution is 7.98. The molecule has 4 aromatic rings. The molecule has 0 amide bonds. The maximum absolute atomic E-state index is 5.89. The van der Waals surface area contributed by atoms with Crippen LogP contribution < -0.4 is 14.2 Å². The second kappa shape index (κ2) is 11.1. The third kappa shape index (κ3) is 5.53. The van der Waals surface area contributed by atoms with Crippen LogP contribution in [0.1, 0.15) is 32.0 Å². The number of thioether (sulfide) groups is 1. The van der Waals surface area contributed by atoms with E-state index in [0.29, 0.717) is 65.4 Å². The van der Waals surface area contributed by atoms with E-state index in [1.807, 2.05) is 64.1 Å². The van der Waals surface area contributed by atoms with Crippen molar-refractivity contribution in [1.29, 1.82) is 0 Å². The molecule has 0 saturated carbocycles. The fourth-order valence-corrected chi connectivity index (χ4v) is 3.87. The minimum Gasteiger partial charge on any atom is -0.490 e. The second-order valence-electron chi connectivity index (χ2n) is 7.27. The van der Waals surface area contributed by atoms with Crippen LogP contribution in [-0.4, -0.2) is 35.0 Å². The number of hydrogen-bond acceptors (Lipinski definition) is 9. The number of rotatable bonds is 11. The topological polar surface area (TPSA) is 92.6 Å². The van der Waals surface area contributed by atoms with Gasteiger partial charge in [0.25, 0.3) is 5.22 Å². The van der Waals surface area contributed by atoms with Crippen molar-refractivity contribution in [3.8, 4) is 40.2 Å². The molecule has 0 fully saturated rings. The molecule has 178 valence electrons. The Morgan fingerprint density at radius 3 is 2.15 bits per heavy atom. The van der Waals surface area contributed by atoms with Gasteiger partial charge < -0.3 is 23.0 Å². The Hall–Kier alpha value is -3.46. The van der Waals surface area contributed by atoms with Gasteiger partial charge in [-0.25, -0.2) is 4.98 Å². The molecule has 0 aliphatic rings. The molecule has 2 aromatic carbocycles. The summed E-state index contributed by atoms with van der Waals surface area (Å²) >= 11 is 1.39. The van der Waals surface area contributed by atoms with Crippen LogP contribution in [0.5, 0.6) is 17.2 Å². The number of benzene rings is 2. The summed E-state index contributed by atoms with van der Waals surface area (Å²) < 4.78 is 28.8. The first-order chi connectivity index (χ1) is 16.6. The lowest BCUT2D eigenvalue weighted by atomic mass is 10.1. The fourth-order valence-electron chi connectivity index (χ4n) is 3.23. The molecule has 0 spiro atoms. The third-order valence-electron chi connectivity index (χ3n) is 4.76. The van der Waals surface area contributed by atoms with Crippen molar-refractivity contribution in [3.05, 3.63) is 53.9 Å². The predicted octanol–water partition coefficient (Wildman–Crippen LogP) is 6.19. The van der Waals surface area contributed by atoms with E-state index in [-0.39, 0.29) is 0 Å². The maximum Gasteiger partial charge on any atom is 0.277 e. The third-order valence-corrected chi connectivity index (χ3v) is 5.61. The number of ether oxygens (including phenoxy) is 3. The first-order valence-electron chi connectivity index (χ1n) is 11.2. The summed E-state index contributed by atoms with van der Waals surface area (Å²) in [4.78, 5) is 4.56. The quantitative estimate of drug-likeness (QED) is 0.232. The van der Waals surface area contributed by atoms with Gasteiger partial charge in [-0.3, -0.25) is 0 Å². The van der Waals surface area contributed by atoms with E-state index in [0.717, 1.165) is 11.3 Å². The molecule has 8 nitrogen and oxygen atoms in total. The monoisotopic (exact) mass is 481 g/mol. The highest BCUT2D eigenvalue weighted by Crippen LogP contribution is 2.42. The number of hydrogen-bond donors (Lipinski definition) is 0. The number of aryl methyl sites for hydroxylation is 1. The van der Waals surface area contributed by atoms with Crippen LogP contribution in [0.3, 0.4) is 0 Å². The minimum absolute atomic E-state index is 0.368. The van der Waals surface area contributed by atoms with Gasteiger partial charge >= 0.3 is 0 Å². The molecule has 0 aliphatic heterocycles. The lowest BCUT2D eigenvalue weighted by Gasteiger charge is -2.16. The van der Waals surface area contributed by atoms with Crippen LogP contribution >= 0.6 is 11.8 Å². The Morgan fingerprint density at radius 2 is 1.50 bits per heavy atom. The summed E-state index contributed by atoms with van der Waals surface area (Å²) in [7, 11) is 0. The Morgan fingerprint density at radius 1 is 0.824 bits per heavy atom. The van der Waals surface area contributed by atoms with Gasteiger partial charge in [-0.15, -0.1) is 10.2 Å². The van der Waals surface area contributed by atoms with Crippen molar-refractivity contribution in [2.75, 3.05) is 19.8 Å². The first-order valence-corrected chi connectivity index (χ1v) is 12.1. The van der Waals surface area contributed by atoms with Gasteiger partial charge in [-0.1, -0.05) is 29.5 Å². The summed E-state index contributed by atoms with van der Waals surface area (Å²) in [6, 6.07) is 11.7. The van der Waals surface area contributed by atoms with Crippen molar-refractivity contribution in [2.45, 2.75) is 38.7 Å². The van der Waals surface area contributed by atoms with Crippen LogP contribution in [0.4, 0.5) is 0 Å². The zero-order chi connectivity index (χ0) is 23.9. The molecule has 0 atom stereocenters. The molecule has 4 rings (SSSR count). The molecule has 34 heavy (non-hydrogen) atoms. The largest absolute Gasteiger partial charge is 0.490 e. The van der Waals surface area contributed by atoms with Gasteiger partial charge in [0.1, 0.15) is 6.26 Å². The van der Waals surface area contributed by atoms with Crippen LogP contribution in [0.15, 0.2) is 56.7 Å². The summed E-state index contributed by atoms with van der Waals surface area (Å²) in [5.41, 5.74) is 3.61. The van der Waals surface area contributed by atoms with Crippen LogP contribution in [0.2, 0.25) is 0 Å². The van der Waals surface area contributed by atoms with Gasteiger partial charge in [-0.05, 0) is 52.0 Å². The number of nitrogens with zero attached hydrogens (tertiary/aromatic N) is 3. The molecule has 2 heterocycles. The second-order valence-corrected chi connectivity index (χ2v) is 8.20. The maximum atomic E-state index is 5.89. The molecule has 0 saturated heterocycles. The number of oxazole rings is 1. The predicted molar refractivity (Wildman–Crippen MR) is 129 cm³/mol. The summed E-state index contributed by atoms with van der Waals surface area (Å²) in [5, 5.41) is 8.80. The van der Waals surface area contributed by atoms with Crippen molar-refractivity contribution >= 4 is 11.8 Å². The van der Waals surface area contributed by atoms with E-state index in [2.05, 4.69) is 15.2 Å². The molecule has 0 bridgehead atoms. The van der Waals surface area contributed by atoms with E-state index in [1.54, 1.807) is 6.26 Å². The number of aromatic nitrogens is 3. The van der Waals surface area contributed by atoms with Gasteiger partial charge in [0.15, 0.2) is 11.5 Å². The standard InChI is InChI=1S/C25H27N3O5S/c1-5-29-20-12-18(13-21(30-6-2)22(20)31-7-3)24-27-28-25(33-24)34-15-19-14-32-23(26-19)17-10-8-16(4)9-11-17/h8-14H,5-7,15H2,1-4H3. The smallest absolute Gasteiger partial charge is 0.277 e. The molecule has 0 radical (unpaired) electrons. The van der Waals surface area contributed by atoms with Gasteiger partial charge in [0, 0.05) is 16.9 Å². The fraction of sp³-hybridized carbons (Fsp3) is 0.320. The normalized spacial score (nSPS) is 10.9. The van der Waals surface area contributed by atoms with Gasteiger partial charge in [0.05, 0.1) is 25.5 Å². The zero-order valence-corrected chi connectivity index (χ0v) is 20.5. The van der Waals surface area contributed by atoms with Crippen LogP contribution in [0.25, 0.3) is 22.9 Å². The van der Waals surface area contributed by atoms with E-state index < -0.39 is 0 Å². The lowest BCUT2D eigenvalue weighted by Crippen LogP contribution is -2.03. The Labute approximate surface area is 202 Å². The van der Waals surface area contributed by atoms with E-state index >= 15 is 0 Å². The molecular weight excluding hydrogens is 454 g/mol. The molecule has 9 heteroatoms. The minimum atomic E-state index is 0.368. The highest BCUT2D eigenvalue weighted by atomic mass is 32.2. The Bertz CT molecular complexity index is 1190. The average Bonchev–Trinajstić information content (AvgIpc) is 3.50.